The van der Waals surface area contributed by atoms with Crippen LogP contribution in [0.1, 0.15) is 13.3 Å². The van der Waals surface area contributed by atoms with Crippen molar-refractivity contribution in [1.82, 2.24) is 0 Å². The number of carboxylic acid groups (broad SMARTS) is 1. The Balaban J connectivity index is 0. The third kappa shape index (κ3) is 7.23. The van der Waals surface area contributed by atoms with Crippen LogP contribution in [0.4, 0.5) is 0 Å². The zero-order chi connectivity index (χ0) is 7.28. The Bertz CT molecular complexity index is 126. The molecule has 2 N–H and O–H groups in total. The van der Waals surface area contributed by atoms with E-state index in [4.69, 9.17) is 10.5 Å². The normalized spacial score (nSPS) is 7.70. The van der Waals surface area contributed by atoms with Gasteiger partial charge in [0.1, 0.15) is 6.42 Å². The fourth-order valence-electron chi connectivity index (χ4n) is 0.363. The molecule has 0 atom stereocenters. The van der Waals surface area contributed by atoms with Gasteiger partial charge in [-0.25, -0.2) is 0 Å². The molecule has 5 heteroatoms. The van der Waals surface area contributed by atoms with Crippen LogP contribution in [0.25, 0.3) is 0 Å². The Morgan fingerprint density at radius 3 is 2.50 bits per heavy atom. The van der Waals surface area contributed by atoms with Crippen LogP contribution >= 0.6 is 12.4 Å². The summed E-state index contributed by atoms with van der Waals surface area (Å²) in [5, 5.41) is 14.9. The Kier molecular flexibility index (Phi) is 7.60. The molecule has 0 aromatic heterocycles. The van der Waals surface area contributed by atoms with Crippen molar-refractivity contribution in [2.45, 2.75) is 13.3 Å². The van der Waals surface area contributed by atoms with E-state index in [9.17, 15) is 4.79 Å². The Morgan fingerprint density at radius 2 is 2.20 bits per heavy atom. The molecule has 0 amide bonds. The molecule has 4 nitrogen and oxygen atoms in total. The van der Waals surface area contributed by atoms with Gasteiger partial charge in [-0.15, -0.1) is 12.4 Å². The zero-order valence-electron chi connectivity index (χ0n) is 5.59. The van der Waals surface area contributed by atoms with Crippen molar-refractivity contribution in [2.75, 3.05) is 6.61 Å². The largest absolute Gasteiger partial charge is 0.481 e. The van der Waals surface area contributed by atoms with E-state index in [1.807, 2.05) is 0 Å². The van der Waals surface area contributed by atoms with Crippen LogP contribution in [0.15, 0.2) is 0 Å². The number of nitrogens with one attached hydrogen (secondary N) is 1. The van der Waals surface area contributed by atoms with Crippen LogP contribution < -0.4 is 0 Å². The number of halogens is 1. The molecule has 0 unspecified atom stereocenters. The minimum absolute atomic E-state index is 0. The lowest BCUT2D eigenvalue weighted by Crippen LogP contribution is -2.08. The molecule has 0 heterocycles. The summed E-state index contributed by atoms with van der Waals surface area (Å²) in [6.07, 6.45) is -0.326. The van der Waals surface area contributed by atoms with E-state index in [1.54, 1.807) is 6.92 Å². The van der Waals surface area contributed by atoms with Gasteiger partial charge in [-0.3, -0.25) is 10.2 Å². The molecule has 0 radical (unpaired) electrons. The Hall–Kier alpha value is -0.770. The Labute approximate surface area is 65.1 Å². The number of hydrogen-bond donors (Lipinski definition) is 2. The summed E-state index contributed by atoms with van der Waals surface area (Å²) in [5.74, 6) is -1.22. The highest BCUT2D eigenvalue weighted by Gasteiger charge is 2.01. The van der Waals surface area contributed by atoms with Crippen LogP contribution in [0, 0.1) is 5.41 Å². The smallest absolute Gasteiger partial charge is 0.312 e. The van der Waals surface area contributed by atoms with Gasteiger partial charge in [0.2, 0.25) is 0 Å². The minimum Gasteiger partial charge on any atom is -0.481 e. The average Bonchev–Trinajstić information content (AvgIpc) is 1.63. The minimum atomic E-state index is -1.03. The predicted octanol–water partition coefficient (Wildman–Crippen LogP) is 0.897. The molecule has 0 fully saturated rings. The second-order valence-corrected chi connectivity index (χ2v) is 1.43. The fraction of sp³-hybridized carbons (Fsp3) is 0.600. The first-order valence-electron chi connectivity index (χ1n) is 2.58. The van der Waals surface area contributed by atoms with Crippen molar-refractivity contribution in [3.05, 3.63) is 0 Å². The third-order valence-electron chi connectivity index (χ3n) is 0.630. The van der Waals surface area contributed by atoms with Crippen molar-refractivity contribution in [2.24, 2.45) is 0 Å². The molecule has 0 bridgehead atoms. The van der Waals surface area contributed by atoms with Gasteiger partial charge in [0.05, 0.1) is 6.61 Å². The van der Waals surface area contributed by atoms with E-state index >= 15 is 0 Å². The standard InChI is InChI=1S/C5H9NO3.ClH/c1-2-9-4(6)3-5(7)8;/h6H,2-3H2,1H3,(H,7,8);1H. The second kappa shape index (κ2) is 6.35. The average molecular weight is 168 g/mol. The fourth-order valence-corrected chi connectivity index (χ4v) is 0.363. The topological polar surface area (TPSA) is 70.4 Å². The number of aliphatic carboxylic acids is 1. The van der Waals surface area contributed by atoms with Crippen molar-refractivity contribution >= 4 is 24.3 Å². The lowest BCUT2D eigenvalue weighted by molar-refractivity contribution is -0.135. The summed E-state index contributed by atoms with van der Waals surface area (Å²) < 4.78 is 4.56. The zero-order valence-corrected chi connectivity index (χ0v) is 6.40. The third-order valence-corrected chi connectivity index (χ3v) is 0.630. The summed E-state index contributed by atoms with van der Waals surface area (Å²) in [6.45, 7) is 2.06. The van der Waals surface area contributed by atoms with Crippen molar-refractivity contribution in [3.63, 3.8) is 0 Å². The predicted molar refractivity (Wildman–Crippen MR) is 38.9 cm³/mol. The highest BCUT2D eigenvalue weighted by atomic mass is 35.5. The number of ether oxygens (including phenoxy) is 1. The van der Waals surface area contributed by atoms with Crippen molar-refractivity contribution < 1.29 is 14.6 Å². The van der Waals surface area contributed by atoms with E-state index < -0.39 is 5.97 Å². The molecular formula is C5H10ClNO3. The van der Waals surface area contributed by atoms with Crippen LogP contribution in [-0.4, -0.2) is 23.6 Å². The van der Waals surface area contributed by atoms with Gasteiger partial charge in [-0.2, -0.15) is 0 Å². The van der Waals surface area contributed by atoms with Crippen LogP contribution in [0.5, 0.6) is 0 Å². The summed E-state index contributed by atoms with van der Waals surface area (Å²) in [5.41, 5.74) is 0. The van der Waals surface area contributed by atoms with Crippen LogP contribution in [0.2, 0.25) is 0 Å². The lowest BCUT2D eigenvalue weighted by Gasteiger charge is -1.99. The van der Waals surface area contributed by atoms with Gasteiger partial charge in [-0.1, -0.05) is 0 Å². The summed E-state index contributed by atoms with van der Waals surface area (Å²) in [7, 11) is 0. The van der Waals surface area contributed by atoms with Gasteiger partial charge < -0.3 is 9.84 Å². The molecule has 0 spiro atoms. The highest BCUT2D eigenvalue weighted by Crippen LogP contribution is 1.85. The number of carbonyl (C=O) groups is 1. The maximum Gasteiger partial charge on any atom is 0.312 e. The van der Waals surface area contributed by atoms with E-state index in [1.165, 1.54) is 0 Å². The first-order chi connectivity index (χ1) is 4.16. The van der Waals surface area contributed by atoms with Gasteiger partial charge in [0.25, 0.3) is 0 Å². The van der Waals surface area contributed by atoms with E-state index in [2.05, 4.69) is 4.74 Å². The molecule has 0 saturated carbocycles. The molecule has 0 aliphatic carbocycles. The van der Waals surface area contributed by atoms with E-state index in [-0.39, 0.29) is 24.7 Å². The molecule has 0 aliphatic rings. The SMILES string of the molecule is CCOC(=N)CC(=O)O.Cl. The summed E-state index contributed by atoms with van der Waals surface area (Å²) >= 11 is 0. The maximum absolute atomic E-state index is 9.86. The summed E-state index contributed by atoms with van der Waals surface area (Å²) in [4.78, 5) is 9.86. The van der Waals surface area contributed by atoms with Crippen molar-refractivity contribution in [1.29, 1.82) is 5.41 Å². The van der Waals surface area contributed by atoms with Crippen molar-refractivity contribution in [3.8, 4) is 0 Å². The van der Waals surface area contributed by atoms with Crippen LogP contribution in [0.3, 0.4) is 0 Å². The molecule has 10 heavy (non-hydrogen) atoms. The van der Waals surface area contributed by atoms with Crippen LogP contribution in [-0.2, 0) is 9.53 Å². The highest BCUT2D eigenvalue weighted by molar-refractivity contribution is 5.91. The van der Waals surface area contributed by atoms with E-state index in [0.29, 0.717) is 6.61 Å². The number of carboxylic acids is 1. The molecule has 0 aromatic rings. The number of hydrogen-bond acceptors (Lipinski definition) is 3. The van der Waals surface area contributed by atoms with E-state index in [0.717, 1.165) is 0 Å². The lowest BCUT2D eigenvalue weighted by atomic mass is 10.4. The molecule has 0 rings (SSSR count). The molecule has 0 aliphatic heterocycles. The first-order valence-corrected chi connectivity index (χ1v) is 2.58. The van der Waals surface area contributed by atoms with Gasteiger partial charge >= 0.3 is 5.97 Å². The monoisotopic (exact) mass is 167 g/mol. The molecular weight excluding hydrogens is 158 g/mol. The molecule has 0 saturated heterocycles. The molecule has 60 valence electrons. The summed E-state index contributed by atoms with van der Waals surface area (Å²) in [6, 6.07) is 0. The number of rotatable bonds is 3. The van der Waals surface area contributed by atoms with Gasteiger partial charge in [0, 0.05) is 0 Å². The van der Waals surface area contributed by atoms with Gasteiger partial charge in [0.15, 0.2) is 5.90 Å². The first kappa shape index (κ1) is 12.0. The molecule has 0 aromatic carbocycles. The second-order valence-electron chi connectivity index (χ2n) is 1.43. The quantitative estimate of drug-likeness (QED) is 0.485. The van der Waals surface area contributed by atoms with Gasteiger partial charge in [-0.05, 0) is 6.92 Å². The maximum atomic E-state index is 9.86. The Morgan fingerprint density at radius 1 is 1.70 bits per heavy atom.